The van der Waals surface area contributed by atoms with Crippen molar-refractivity contribution in [1.82, 2.24) is 4.90 Å². The maximum atomic E-state index is 12.1. The minimum absolute atomic E-state index is 0.0957. The summed E-state index contributed by atoms with van der Waals surface area (Å²) >= 11 is 5.83. The lowest BCUT2D eigenvalue weighted by Crippen LogP contribution is -2.30. The number of amides is 1. The molecule has 0 aromatic heterocycles. The lowest BCUT2D eigenvalue weighted by Gasteiger charge is -2.19. The fraction of sp³-hybridized carbons (Fsp3) is 0.278. The summed E-state index contributed by atoms with van der Waals surface area (Å²) in [6.45, 7) is 0.817. The largest absolute Gasteiger partial charge is 0.493 e. The summed E-state index contributed by atoms with van der Waals surface area (Å²) in [6.07, 6.45) is 0. The summed E-state index contributed by atoms with van der Waals surface area (Å²) in [5.41, 5.74) is 1.68. The Morgan fingerprint density at radius 1 is 1.12 bits per heavy atom. The van der Waals surface area contributed by atoms with Gasteiger partial charge in [-0.1, -0.05) is 23.7 Å². The molecule has 2 aromatic rings. The normalized spacial score (nSPS) is 10.5. The SMILES string of the molecule is COc1cccc(CN(C)CC(=O)Nc2ccc(Cl)cc2)c1OC. The number of halogens is 1. The first-order valence-electron chi connectivity index (χ1n) is 7.47. The van der Waals surface area contributed by atoms with E-state index in [1.807, 2.05) is 30.1 Å². The van der Waals surface area contributed by atoms with Gasteiger partial charge in [0.2, 0.25) is 5.91 Å². The number of likely N-dealkylation sites (N-methyl/N-ethyl adjacent to an activating group) is 1. The summed E-state index contributed by atoms with van der Waals surface area (Å²) in [5, 5.41) is 3.48. The third-order valence-electron chi connectivity index (χ3n) is 3.47. The monoisotopic (exact) mass is 348 g/mol. The summed E-state index contributed by atoms with van der Waals surface area (Å²) in [5.74, 6) is 1.26. The molecule has 1 amide bonds. The van der Waals surface area contributed by atoms with E-state index in [1.165, 1.54) is 0 Å². The quantitative estimate of drug-likeness (QED) is 0.833. The highest BCUT2D eigenvalue weighted by Gasteiger charge is 2.13. The Labute approximate surface area is 147 Å². The molecule has 0 atom stereocenters. The molecule has 0 heterocycles. The standard InChI is InChI=1S/C18H21ClN2O3/c1-21(11-13-5-4-6-16(23-2)18(13)24-3)12-17(22)20-15-9-7-14(19)8-10-15/h4-10H,11-12H2,1-3H3,(H,20,22). The van der Waals surface area contributed by atoms with Gasteiger partial charge in [0, 0.05) is 22.8 Å². The number of carbonyl (C=O) groups is 1. The first-order valence-corrected chi connectivity index (χ1v) is 7.85. The molecule has 0 aliphatic carbocycles. The van der Waals surface area contributed by atoms with Crippen molar-refractivity contribution in [2.75, 3.05) is 33.1 Å². The summed E-state index contributed by atoms with van der Waals surface area (Å²) in [4.78, 5) is 14.0. The number of para-hydroxylation sites is 1. The second kappa shape index (κ2) is 8.57. The van der Waals surface area contributed by atoms with Crippen molar-refractivity contribution in [2.24, 2.45) is 0 Å². The van der Waals surface area contributed by atoms with Gasteiger partial charge in [-0.25, -0.2) is 0 Å². The van der Waals surface area contributed by atoms with Gasteiger partial charge >= 0.3 is 0 Å². The van der Waals surface area contributed by atoms with Gasteiger partial charge in [-0.15, -0.1) is 0 Å². The predicted molar refractivity (Wildman–Crippen MR) is 96.0 cm³/mol. The predicted octanol–water partition coefficient (Wildman–Crippen LogP) is 3.43. The van der Waals surface area contributed by atoms with Gasteiger partial charge < -0.3 is 14.8 Å². The van der Waals surface area contributed by atoms with Crippen LogP contribution < -0.4 is 14.8 Å². The Morgan fingerprint density at radius 2 is 1.83 bits per heavy atom. The van der Waals surface area contributed by atoms with Crippen molar-refractivity contribution in [3.05, 3.63) is 53.1 Å². The molecule has 0 spiro atoms. The molecule has 0 saturated carbocycles. The number of anilines is 1. The number of methoxy groups -OCH3 is 2. The molecule has 6 heteroatoms. The highest BCUT2D eigenvalue weighted by atomic mass is 35.5. The molecule has 0 aliphatic heterocycles. The van der Waals surface area contributed by atoms with Gasteiger partial charge in [-0.05, 0) is 37.4 Å². The van der Waals surface area contributed by atoms with Crippen LogP contribution in [0.15, 0.2) is 42.5 Å². The highest BCUT2D eigenvalue weighted by Crippen LogP contribution is 2.31. The number of nitrogens with one attached hydrogen (secondary N) is 1. The molecule has 0 fully saturated rings. The smallest absolute Gasteiger partial charge is 0.238 e. The van der Waals surface area contributed by atoms with Crippen LogP contribution in [0.5, 0.6) is 11.5 Å². The van der Waals surface area contributed by atoms with Crippen molar-refractivity contribution in [1.29, 1.82) is 0 Å². The maximum absolute atomic E-state index is 12.1. The molecule has 0 unspecified atom stereocenters. The van der Waals surface area contributed by atoms with Crippen molar-refractivity contribution in [3.8, 4) is 11.5 Å². The van der Waals surface area contributed by atoms with Crippen molar-refractivity contribution in [3.63, 3.8) is 0 Å². The lowest BCUT2D eigenvalue weighted by molar-refractivity contribution is -0.117. The molecular formula is C18H21ClN2O3. The van der Waals surface area contributed by atoms with Crippen LogP contribution >= 0.6 is 11.6 Å². The second-order valence-corrected chi connectivity index (χ2v) is 5.82. The molecule has 0 radical (unpaired) electrons. The van der Waals surface area contributed by atoms with E-state index >= 15 is 0 Å². The molecular weight excluding hydrogens is 328 g/mol. The van der Waals surface area contributed by atoms with Crippen LogP contribution in [0.4, 0.5) is 5.69 Å². The van der Waals surface area contributed by atoms with Gasteiger partial charge in [0.25, 0.3) is 0 Å². The number of nitrogens with zero attached hydrogens (tertiary/aromatic N) is 1. The van der Waals surface area contributed by atoms with E-state index in [0.29, 0.717) is 23.1 Å². The Balaban J connectivity index is 1.96. The van der Waals surface area contributed by atoms with Gasteiger partial charge in [0.1, 0.15) is 0 Å². The van der Waals surface area contributed by atoms with Crippen molar-refractivity contribution < 1.29 is 14.3 Å². The van der Waals surface area contributed by atoms with Crippen LogP contribution in [0.3, 0.4) is 0 Å². The second-order valence-electron chi connectivity index (χ2n) is 5.38. The molecule has 1 N–H and O–H groups in total. The van der Waals surface area contributed by atoms with E-state index in [1.54, 1.807) is 38.5 Å². The molecule has 0 saturated heterocycles. The zero-order chi connectivity index (χ0) is 17.5. The number of carbonyl (C=O) groups excluding carboxylic acids is 1. The third-order valence-corrected chi connectivity index (χ3v) is 3.72. The highest BCUT2D eigenvalue weighted by molar-refractivity contribution is 6.30. The van der Waals surface area contributed by atoms with Crippen LogP contribution in [-0.2, 0) is 11.3 Å². The van der Waals surface area contributed by atoms with Crippen molar-refractivity contribution in [2.45, 2.75) is 6.54 Å². The lowest BCUT2D eigenvalue weighted by atomic mass is 10.1. The fourth-order valence-corrected chi connectivity index (χ4v) is 2.53. The van der Waals surface area contributed by atoms with Gasteiger partial charge in [0.15, 0.2) is 11.5 Å². The molecule has 128 valence electrons. The summed E-state index contributed by atoms with van der Waals surface area (Å²) in [7, 11) is 5.08. The van der Waals surface area contributed by atoms with Crippen LogP contribution in [0.25, 0.3) is 0 Å². The van der Waals surface area contributed by atoms with Crippen LogP contribution in [0.2, 0.25) is 5.02 Å². The number of rotatable bonds is 7. The Hall–Kier alpha value is -2.24. The van der Waals surface area contributed by atoms with Gasteiger partial charge in [-0.2, -0.15) is 0 Å². The van der Waals surface area contributed by atoms with E-state index in [0.717, 1.165) is 11.3 Å². The van der Waals surface area contributed by atoms with E-state index in [2.05, 4.69) is 5.32 Å². The first kappa shape index (κ1) is 18.1. The Kier molecular flexibility index (Phi) is 6.46. The fourth-order valence-electron chi connectivity index (χ4n) is 2.40. The molecule has 0 bridgehead atoms. The number of hydrogen-bond donors (Lipinski definition) is 1. The zero-order valence-electron chi connectivity index (χ0n) is 14.0. The zero-order valence-corrected chi connectivity index (χ0v) is 14.8. The van der Waals surface area contributed by atoms with Crippen molar-refractivity contribution >= 4 is 23.2 Å². The number of hydrogen-bond acceptors (Lipinski definition) is 4. The minimum Gasteiger partial charge on any atom is -0.493 e. The molecule has 0 aliphatic rings. The number of benzene rings is 2. The summed E-state index contributed by atoms with van der Waals surface area (Å²) < 4.78 is 10.7. The number of ether oxygens (including phenoxy) is 2. The molecule has 2 rings (SSSR count). The maximum Gasteiger partial charge on any atom is 0.238 e. The van der Waals surface area contributed by atoms with Crippen LogP contribution in [-0.4, -0.2) is 38.6 Å². The minimum atomic E-state index is -0.0957. The van der Waals surface area contributed by atoms with Crippen LogP contribution in [0, 0.1) is 0 Å². The summed E-state index contributed by atoms with van der Waals surface area (Å²) in [6, 6.07) is 12.7. The molecule has 5 nitrogen and oxygen atoms in total. The third kappa shape index (κ3) is 4.88. The Morgan fingerprint density at radius 3 is 2.46 bits per heavy atom. The van der Waals surface area contributed by atoms with E-state index in [9.17, 15) is 4.79 Å². The average Bonchev–Trinajstić information content (AvgIpc) is 2.56. The van der Waals surface area contributed by atoms with E-state index < -0.39 is 0 Å². The average molecular weight is 349 g/mol. The molecule has 24 heavy (non-hydrogen) atoms. The van der Waals surface area contributed by atoms with Crippen LogP contribution in [0.1, 0.15) is 5.56 Å². The topological polar surface area (TPSA) is 50.8 Å². The Bertz CT molecular complexity index is 689. The van der Waals surface area contributed by atoms with E-state index in [4.69, 9.17) is 21.1 Å². The molecule has 2 aromatic carbocycles. The van der Waals surface area contributed by atoms with Gasteiger partial charge in [0.05, 0.1) is 20.8 Å². The van der Waals surface area contributed by atoms with E-state index in [-0.39, 0.29) is 12.5 Å². The van der Waals surface area contributed by atoms with Gasteiger partial charge in [-0.3, -0.25) is 9.69 Å². The first-order chi connectivity index (χ1) is 11.5.